The van der Waals surface area contributed by atoms with Crippen LogP contribution in [0.4, 0.5) is 0 Å². The molecule has 0 amide bonds. The van der Waals surface area contributed by atoms with Crippen LogP contribution in [0.3, 0.4) is 0 Å². The number of ether oxygens (including phenoxy) is 1. The van der Waals surface area contributed by atoms with Gasteiger partial charge in [0.05, 0.1) is 0 Å². The SMILES string of the molecule is N/C=C1/OC(C(=O)O)=CC(O)C1=O. The van der Waals surface area contributed by atoms with Crippen molar-refractivity contribution >= 4 is 11.8 Å². The van der Waals surface area contributed by atoms with Gasteiger partial charge in [0, 0.05) is 12.3 Å². The summed E-state index contributed by atoms with van der Waals surface area (Å²) in [5.41, 5.74) is 4.98. The lowest BCUT2D eigenvalue weighted by molar-refractivity contribution is -0.137. The Kier molecular flexibility index (Phi) is 2.34. The molecule has 0 bridgehead atoms. The molecule has 6 nitrogen and oxygen atoms in total. The molecule has 1 atom stereocenters. The summed E-state index contributed by atoms with van der Waals surface area (Å²) in [7, 11) is 0. The van der Waals surface area contributed by atoms with Crippen LogP contribution in [0.25, 0.3) is 0 Å². The van der Waals surface area contributed by atoms with E-state index >= 15 is 0 Å². The summed E-state index contributed by atoms with van der Waals surface area (Å²) in [5.74, 6) is -3.00. The monoisotopic (exact) mass is 185 g/mol. The Morgan fingerprint density at radius 3 is 2.77 bits per heavy atom. The number of hydrogen-bond donors (Lipinski definition) is 3. The number of ketones is 1. The fourth-order valence-corrected chi connectivity index (χ4v) is 0.799. The molecule has 0 aromatic carbocycles. The third kappa shape index (κ3) is 1.67. The molecule has 1 unspecified atom stereocenters. The molecule has 0 fully saturated rings. The van der Waals surface area contributed by atoms with E-state index in [0.717, 1.165) is 12.3 Å². The standard InChI is InChI=1S/C7H7NO5/c8-2-5-6(10)3(9)1-4(13-5)7(11)12/h1-3,9H,8H2,(H,11,12)/b5-2+. The fraction of sp³-hybridized carbons (Fsp3) is 0.143. The molecule has 0 radical (unpaired) electrons. The lowest BCUT2D eigenvalue weighted by Gasteiger charge is -2.16. The minimum absolute atomic E-state index is 0.368. The van der Waals surface area contributed by atoms with E-state index in [1.54, 1.807) is 0 Å². The van der Waals surface area contributed by atoms with Crippen LogP contribution >= 0.6 is 0 Å². The normalized spacial score (nSPS) is 25.3. The highest BCUT2D eigenvalue weighted by atomic mass is 16.5. The second-order valence-electron chi connectivity index (χ2n) is 2.28. The van der Waals surface area contributed by atoms with Crippen LogP contribution in [0, 0.1) is 0 Å². The van der Waals surface area contributed by atoms with E-state index in [-0.39, 0.29) is 5.76 Å². The Morgan fingerprint density at radius 1 is 1.69 bits per heavy atom. The van der Waals surface area contributed by atoms with Crippen molar-refractivity contribution < 1.29 is 24.5 Å². The molecule has 1 rings (SSSR count). The third-order valence-corrected chi connectivity index (χ3v) is 1.40. The molecule has 1 aliphatic heterocycles. The second-order valence-corrected chi connectivity index (χ2v) is 2.28. The van der Waals surface area contributed by atoms with E-state index in [9.17, 15) is 9.59 Å². The van der Waals surface area contributed by atoms with Gasteiger partial charge >= 0.3 is 5.97 Å². The quantitative estimate of drug-likeness (QED) is 0.438. The molecular weight excluding hydrogens is 178 g/mol. The number of Topliss-reactive ketones (excluding diaryl/α,β-unsaturated/α-hetero) is 1. The lowest BCUT2D eigenvalue weighted by Crippen LogP contribution is -2.29. The van der Waals surface area contributed by atoms with E-state index in [1.807, 2.05) is 0 Å². The molecule has 0 saturated heterocycles. The van der Waals surface area contributed by atoms with Gasteiger partial charge in [0.15, 0.2) is 5.76 Å². The average Bonchev–Trinajstić information content (AvgIpc) is 2.09. The number of carboxylic acids is 1. The summed E-state index contributed by atoms with van der Waals surface area (Å²) in [4.78, 5) is 21.3. The molecule has 0 aliphatic carbocycles. The number of nitrogens with two attached hydrogens (primary N) is 1. The van der Waals surface area contributed by atoms with Crippen LogP contribution in [-0.2, 0) is 14.3 Å². The molecule has 4 N–H and O–H groups in total. The van der Waals surface area contributed by atoms with Crippen molar-refractivity contribution in [3.8, 4) is 0 Å². The van der Waals surface area contributed by atoms with E-state index in [4.69, 9.17) is 15.9 Å². The largest absolute Gasteiger partial charge is 0.475 e. The van der Waals surface area contributed by atoms with Crippen LogP contribution in [0.15, 0.2) is 23.8 Å². The van der Waals surface area contributed by atoms with Crippen LogP contribution < -0.4 is 5.73 Å². The van der Waals surface area contributed by atoms with Crippen molar-refractivity contribution in [3.05, 3.63) is 23.8 Å². The number of aliphatic hydroxyl groups excluding tert-OH is 1. The zero-order valence-corrected chi connectivity index (χ0v) is 6.43. The van der Waals surface area contributed by atoms with Crippen LogP contribution in [0.2, 0.25) is 0 Å². The molecule has 70 valence electrons. The third-order valence-electron chi connectivity index (χ3n) is 1.40. The van der Waals surface area contributed by atoms with Gasteiger partial charge < -0.3 is 20.7 Å². The van der Waals surface area contributed by atoms with E-state index in [1.165, 1.54) is 0 Å². The molecule has 0 saturated carbocycles. The number of carboxylic acid groups (broad SMARTS) is 1. The summed E-state index contributed by atoms with van der Waals surface area (Å²) in [6.07, 6.45) is 0.105. The predicted molar refractivity (Wildman–Crippen MR) is 40.1 cm³/mol. The molecule has 0 aromatic rings. The predicted octanol–water partition coefficient (Wildman–Crippen LogP) is -1.28. The van der Waals surface area contributed by atoms with E-state index in [2.05, 4.69) is 4.74 Å². The van der Waals surface area contributed by atoms with Crippen molar-refractivity contribution in [3.63, 3.8) is 0 Å². The van der Waals surface area contributed by atoms with Gasteiger partial charge in [0.2, 0.25) is 11.5 Å². The van der Waals surface area contributed by atoms with Gasteiger partial charge in [-0.25, -0.2) is 4.79 Å². The highest BCUT2D eigenvalue weighted by molar-refractivity contribution is 6.01. The summed E-state index contributed by atoms with van der Waals surface area (Å²) < 4.78 is 4.57. The molecule has 6 heteroatoms. The zero-order chi connectivity index (χ0) is 10.0. The summed E-state index contributed by atoms with van der Waals surface area (Å²) in [6.45, 7) is 0. The number of rotatable bonds is 1. The highest BCUT2D eigenvalue weighted by Gasteiger charge is 2.29. The topological polar surface area (TPSA) is 110 Å². The Bertz CT molecular complexity index is 317. The molecule has 13 heavy (non-hydrogen) atoms. The van der Waals surface area contributed by atoms with Gasteiger partial charge in [-0.1, -0.05) is 0 Å². The van der Waals surface area contributed by atoms with Crippen LogP contribution in [0.5, 0.6) is 0 Å². The second kappa shape index (κ2) is 3.28. The number of hydrogen-bond acceptors (Lipinski definition) is 5. The van der Waals surface area contributed by atoms with Crippen molar-refractivity contribution in [2.24, 2.45) is 5.73 Å². The maximum absolute atomic E-state index is 11.0. The minimum atomic E-state index is -1.50. The Labute approximate surface area is 72.9 Å². The Balaban J connectivity index is 3.02. The first kappa shape index (κ1) is 9.27. The summed E-state index contributed by atoms with van der Waals surface area (Å²) in [6, 6.07) is 0. The lowest BCUT2D eigenvalue weighted by atomic mass is 10.1. The fourth-order valence-electron chi connectivity index (χ4n) is 0.799. The number of aliphatic hydroxyl groups is 1. The van der Waals surface area contributed by atoms with Crippen LogP contribution in [0.1, 0.15) is 0 Å². The van der Waals surface area contributed by atoms with Gasteiger partial charge in [0.1, 0.15) is 6.10 Å². The van der Waals surface area contributed by atoms with Gasteiger partial charge in [0.25, 0.3) is 0 Å². The van der Waals surface area contributed by atoms with E-state index < -0.39 is 23.6 Å². The van der Waals surface area contributed by atoms with Gasteiger partial charge in [-0.3, -0.25) is 4.79 Å². The first-order valence-electron chi connectivity index (χ1n) is 3.33. The van der Waals surface area contributed by atoms with Crippen molar-refractivity contribution in [2.75, 3.05) is 0 Å². The Morgan fingerprint density at radius 2 is 2.31 bits per heavy atom. The summed E-state index contributed by atoms with van der Waals surface area (Å²) in [5, 5.41) is 17.5. The molecular formula is C7H7NO5. The minimum Gasteiger partial charge on any atom is -0.475 e. The van der Waals surface area contributed by atoms with E-state index in [0.29, 0.717) is 0 Å². The first-order chi connectivity index (χ1) is 6.06. The van der Waals surface area contributed by atoms with Gasteiger partial charge in [-0.15, -0.1) is 0 Å². The molecule has 0 spiro atoms. The maximum Gasteiger partial charge on any atom is 0.371 e. The highest BCUT2D eigenvalue weighted by Crippen LogP contribution is 2.16. The molecule has 0 aromatic heterocycles. The Hall–Kier alpha value is -1.82. The van der Waals surface area contributed by atoms with Gasteiger partial charge in [-0.2, -0.15) is 0 Å². The van der Waals surface area contributed by atoms with Gasteiger partial charge in [-0.05, 0) is 0 Å². The number of carbonyl (C=O) groups is 2. The number of carbonyl (C=O) groups excluding carboxylic acids is 1. The molecule has 1 heterocycles. The average molecular weight is 185 g/mol. The summed E-state index contributed by atoms with van der Waals surface area (Å²) >= 11 is 0. The van der Waals surface area contributed by atoms with Crippen molar-refractivity contribution in [1.29, 1.82) is 0 Å². The van der Waals surface area contributed by atoms with Crippen molar-refractivity contribution in [2.45, 2.75) is 6.10 Å². The maximum atomic E-state index is 11.0. The first-order valence-corrected chi connectivity index (χ1v) is 3.33. The van der Waals surface area contributed by atoms with Crippen LogP contribution in [-0.4, -0.2) is 28.1 Å². The number of aliphatic carboxylic acids is 1. The molecule has 1 aliphatic rings. The van der Waals surface area contributed by atoms with Crippen molar-refractivity contribution in [1.82, 2.24) is 0 Å². The zero-order valence-electron chi connectivity index (χ0n) is 6.43. The smallest absolute Gasteiger partial charge is 0.371 e.